The molecule has 134 valence electrons. The third-order valence-corrected chi connectivity index (χ3v) is 4.18. The summed E-state index contributed by atoms with van der Waals surface area (Å²) in [5.74, 6) is -0.429. The predicted molar refractivity (Wildman–Crippen MR) is 101 cm³/mol. The molecule has 0 aliphatic carbocycles. The molecule has 1 unspecified atom stereocenters. The van der Waals surface area contributed by atoms with Crippen molar-refractivity contribution in [3.63, 3.8) is 0 Å². The van der Waals surface area contributed by atoms with E-state index in [0.717, 1.165) is 12.0 Å². The number of carbonyl (C=O) groups excluding carboxylic acids is 1. The Kier molecular flexibility index (Phi) is 6.34. The molecule has 2 aromatic carbocycles. The van der Waals surface area contributed by atoms with Crippen LogP contribution in [0.15, 0.2) is 47.5 Å². The zero-order valence-electron chi connectivity index (χ0n) is 14.9. The Balaban J connectivity index is 2.07. The summed E-state index contributed by atoms with van der Waals surface area (Å²) in [5.41, 5.74) is 8.25. The van der Waals surface area contributed by atoms with Crippen molar-refractivity contribution < 1.29 is 9.90 Å². The highest BCUT2D eigenvalue weighted by molar-refractivity contribution is 6.06. The number of rotatable bonds is 5. The second-order valence-corrected chi connectivity index (χ2v) is 6.05. The number of hydrogen-bond acceptors (Lipinski definition) is 4. The van der Waals surface area contributed by atoms with Crippen LogP contribution in [0, 0.1) is 11.3 Å². The molecule has 0 radical (unpaired) electrons. The first-order chi connectivity index (χ1) is 12.4. The van der Waals surface area contributed by atoms with Crippen LogP contribution in [-0.2, 0) is 6.54 Å². The molecule has 1 amide bonds. The molecule has 0 aliphatic rings. The number of aromatic hydroxyl groups is 1. The number of phenolic OH excluding ortho intramolecular Hbond substituents is 1. The first-order valence-electron chi connectivity index (χ1n) is 8.37. The predicted octanol–water partition coefficient (Wildman–Crippen LogP) is 3.02. The number of hydrogen-bond donors (Lipinski definition) is 3. The van der Waals surface area contributed by atoms with E-state index >= 15 is 0 Å². The molecule has 0 saturated heterocycles. The number of phenols is 1. The fourth-order valence-corrected chi connectivity index (χ4v) is 2.42. The van der Waals surface area contributed by atoms with Crippen LogP contribution in [0.2, 0.25) is 0 Å². The quantitative estimate of drug-likeness (QED) is 0.568. The standard InChI is InChI=1S/C20H22N4O2/c1-3-13(2)16-6-4-5-15(9-16)12-23-20(22)24-19(26)17-10-14(11-21)7-8-18(17)25/h4-10,13,25H,3,12H2,1-2H3,(H3,22,23,24,26). The minimum absolute atomic E-state index is 0.0269. The largest absolute Gasteiger partial charge is 0.507 e. The Morgan fingerprint density at radius 1 is 1.35 bits per heavy atom. The van der Waals surface area contributed by atoms with Crippen LogP contribution >= 0.6 is 0 Å². The second-order valence-electron chi connectivity index (χ2n) is 6.05. The van der Waals surface area contributed by atoms with Crippen LogP contribution in [0.4, 0.5) is 0 Å². The second kappa shape index (κ2) is 8.67. The van der Waals surface area contributed by atoms with Gasteiger partial charge in [0.05, 0.1) is 23.7 Å². The van der Waals surface area contributed by atoms with Gasteiger partial charge in [-0.1, -0.05) is 38.1 Å². The number of guanidine groups is 1. The van der Waals surface area contributed by atoms with Crippen molar-refractivity contribution in [3.8, 4) is 11.8 Å². The number of nitrogens with two attached hydrogens (primary N) is 1. The zero-order chi connectivity index (χ0) is 19.1. The van der Waals surface area contributed by atoms with Gasteiger partial charge in [-0.15, -0.1) is 0 Å². The molecule has 26 heavy (non-hydrogen) atoms. The maximum Gasteiger partial charge on any atom is 0.261 e. The third kappa shape index (κ3) is 4.84. The van der Waals surface area contributed by atoms with Gasteiger partial charge < -0.3 is 10.8 Å². The Labute approximate surface area is 153 Å². The topological polar surface area (TPSA) is 111 Å². The van der Waals surface area contributed by atoms with Crippen molar-refractivity contribution in [1.29, 1.82) is 5.26 Å². The summed E-state index contributed by atoms with van der Waals surface area (Å²) in [6, 6.07) is 14.0. The van der Waals surface area contributed by atoms with Gasteiger partial charge in [0.25, 0.3) is 5.91 Å². The molecule has 0 bridgehead atoms. The smallest absolute Gasteiger partial charge is 0.261 e. The number of amides is 1. The normalized spacial score (nSPS) is 12.3. The summed E-state index contributed by atoms with van der Waals surface area (Å²) in [5, 5.41) is 21.1. The van der Waals surface area contributed by atoms with Crippen LogP contribution in [0.25, 0.3) is 0 Å². The van der Waals surface area contributed by atoms with Crippen molar-refractivity contribution in [2.45, 2.75) is 32.7 Å². The molecule has 0 spiro atoms. The Morgan fingerprint density at radius 2 is 2.12 bits per heavy atom. The van der Waals surface area contributed by atoms with Gasteiger partial charge in [0, 0.05) is 0 Å². The van der Waals surface area contributed by atoms with Gasteiger partial charge in [-0.25, -0.2) is 4.99 Å². The first-order valence-corrected chi connectivity index (χ1v) is 8.37. The maximum atomic E-state index is 12.2. The highest BCUT2D eigenvalue weighted by Gasteiger charge is 2.13. The summed E-state index contributed by atoms with van der Waals surface area (Å²) in [6.07, 6.45) is 1.05. The lowest BCUT2D eigenvalue weighted by Gasteiger charge is -2.10. The fourth-order valence-electron chi connectivity index (χ4n) is 2.42. The zero-order valence-corrected chi connectivity index (χ0v) is 14.9. The number of benzene rings is 2. The van der Waals surface area contributed by atoms with E-state index in [1.54, 1.807) is 0 Å². The highest BCUT2D eigenvalue weighted by atomic mass is 16.3. The average Bonchev–Trinajstić information content (AvgIpc) is 2.66. The molecule has 2 aromatic rings. The number of aliphatic imine (C=N–C) groups is 1. The number of carbonyl (C=O) groups is 1. The summed E-state index contributed by atoms with van der Waals surface area (Å²) >= 11 is 0. The first kappa shape index (κ1) is 19.0. The van der Waals surface area contributed by atoms with E-state index in [4.69, 9.17) is 11.0 Å². The molecule has 1 atom stereocenters. The monoisotopic (exact) mass is 350 g/mol. The van der Waals surface area contributed by atoms with Crippen LogP contribution in [-0.4, -0.2) is 17.0 Å². The van der Waals surface area contributed by atoms with Crippen LogP contribution in [0.5, 0.6) is 5.75 Å². The van der Waals surface area contributed by atoms with Crippen molar-refractivity contribution in [3.05, 3.63) is 64.7 Å². The molecule has 0 aliphatic heterocycles. The van der Waals surface area contributed by atoms with Crippen LogP contribution in [0.1, 0.15) is 53.2 Å². The highest BCUT2D eigenvalue weighted by Crippen LogP contribution is 2.20. The molecule has 2 rings (SSSR count). The number of nitriles is 1. The van der Waals surface area contributed by atoms with Crippen molar-refractivity contribution in [2.75, 3.05) is 0 Å². The molecule has 0 aromatic heterocycles. The molecule has 0 heterocycles. The molecule has 0 saturated carbocycles. The van der Waals surface area contributed by atoms with Crippen molar-refractivity contribution in [1.82, 2.24) is 5.32 Å². The van der Waals surface area contributed by atoms with Crippen LogP contribution < -0.4 is 11.1 Å². The molecule has 6 heteroatoms. The Bertz CT molecular complexity index is 868. The van der Waals surface area contributed by atoms with Gasteiger partial charge >= 0.3 is 0 Å². The Hall–Kier alpha value is -3.33. The summed E-state index contributed by atoms with van der Waals surface area (Å²) in [4.78, 5) is 16.4. The summed E-state index contributed by atoms with van der Waals surface area (Å²) in [6.45, 7) is 4.64. The van der Waals surface area contributed by atoms with Gasteiger partial charge in [-0.2, -0.15) is 5.26 Å². The van der Waals surface area contributed by atoms with Gasteiger partial charge in [0.1, 0.15) is 5.75 Å². The van der Waals surface area contributed by atoms with E-state index in [-0.39, 0.29) is 22.8 Å². The number of nitrogens with zero attached hydrogens (tertiary/aromatic N) is 2. The Morgan fingerprint density at radius 3 is 2.81 bits per heavy atom. The lowest BCUT2D eigenvalue weighted by Crippen LogP contribution is -2.36. The lowest BCUT2D eigenvalue weighted by atomic mass is 9.97. The van der Waals surface area contributed by atoms with Gasteiger partial charge in [0.15, 0.2) is 5.96 Å². The SMILES string of the molecule is CCC(C)c1cccc(CN=C(N)NC(=O)c2cc(C#N)ccc2O)c1. The van der Waals surface area contributed by atoms with Crippen molar-refractivity contribution >= 4 is 11.9 Å². The van der Waals surface area contributed by atoms with E-state index in [9.17, 15) is 9.90 Å². The van der Waals surface area contributed by atoms with Gasteiger partial charge in [0.2, 0.25) is 0 Å². The molecule has 0 fully saturated rings. The van der Waals surface area contributed by atoms with Crippen LogP contribution in [0.3, 0.4) is 0 Å². The minimum atomic E-state index is -0.616. The average molecular weight is 350 g/mol. The van der Waals surface area contributed by atoms with Gasteiger partial charge in [-0.05, 0) is 41.7 Å². The molecular weight excluding hydrogens is 328 g/mol. The van der Waals surface area contributed by atoms with Gasteiger partial charge in [-0.3, -0.25) is 10.1 Å². The van der Waals surface area contributed by atoms with E-state index in [1.807, 2.05) is 18.2 Å². The summed E-state index contributed by atoms with van der Waals surface area (Å²) in [7, 11) is 0. The molecule has 6 nitrogen and oxygen atoms in total. The minimum Gasteiger partial charge on any atom is -0.507 e. The summed E-state index contributed by atoms with van der Waals surface area (Å²) < 4.78 is 0. The number of nitrogens with one attached hydrogen (secondary N) is 1. The van der Waals surface area contributed by atoms with E-state index in [0.29, 0.717) is 12.5 Å². The van der Waals surface area contributed by atoms with Crippen molar-refractivity contribution in [2.24, 2.45) is 10.7 Å². The van der Waals surface area contributed by atoms with E-state index < -0.39 is 5.91 Å². The maximum absolute atomic E-state index is 12.2. The fraction of sp³-hybridized carbons (Fsp3) is 0.250. The molecular formula is C20H22N4O2. The lowest BCUT2D eigenvalue weighted by molar-refractivity contribution is 0.0974. The van der Waals surface area contributed by atoms with E-state index in [2.05, 4.69) is 36.3 Å². The van der Waals surface area contributed by atoms with E-state index in [1.165, 1.54) is 23.8 Å². The molecule has 4 N–H and O–H groups in total. The third-order valence-electron chi connectivity index (χ3n) is 4.18.